The van der Waals surface area contributed by atoms with Gasteiger partial charge in [-0.15, -0.1) is 0 Å². The van der Waals surface area contributed by atoms with Gasteiger partial charge < -0.3 is 9.32 Å². The predicted octanol–water partition coefficient (Wildman–Crippen LogP) is 1.55. The fourth-order valence-corrected chi connectivity index (χ4v) is 1.96. The third-order valence-electron chi connectivity index (χ3n) is 2.99. The molecule has 0 aromatic carbocycles. The molecule has 0 spiro atoms. The molecule has 88 valence electrons. The molecule has 0 saturated carbocycles. The second kappa shape index (κ2) is 5.16. The Morgan fingerprint density at radius 1 is 1.56 bits per heavy atom. The third-order valence-corrected chi connectivity index (χ3v) is 2.99. The Kier molecular flexibility index (Phi) is 3.62. The average Bonchev–Trinajstić information content (AvgIpc) is 2.95. The largest absolute Gasteiger partial charge is 0.468 e. The van der Waals surface area contributed by atoms with Crippen LogP contribution < -0.4 is 5.32 Å². The number of hydrogen-bond donors (Lipinski definition) is 1. The molecule has 1 atom stereocenters. The van der Waals surface area contributed by atoms with Crippen LogP contribution in [0, 0.1) is 0 Å². The smallest absolute Gasteiger partial charge is 0.236 e. The second-order valence-electron chi connectivity index (χ2n) is 4.21. The van der Waals surface area contributed by atoms with Crippen molar-refractivity contribution >= 4 is 5.91 Å². The fourth-order valence-electron chi connectivity index (χ4n) is 1.96. The minimum atomic E-state index is 0.0848. The van der Waals surface area contributed by atoms with Gasteiger partial charge in [0.25, 0.3) is 0 Å². The molecule has 0 radical (unpaired) electrons. The Bertz CT molecular complexity index is 329. The average molecular weight is 222 g/mol. The molecule has 1 aliphatic rings. The zero-order chi connectivity index (χ0) is 11.4. The minimum Gasteiger partial charge on any atom is -0.468 e. The van der Waals surface area contributed by atoms with E-state index in [2.05, 4.69) is 5.32 Å². The molecule has 0 aliphatic carbocycles. The molecule has 1 fully saturated rings. The van der Waals surface area contributed by atoms with Crippen LogP contribution in [0.3, 0.4) is 0 Å². The van der Waals surface area contributed by atoms with E-state index in [0.717, 1.165) is 31.7 Å². The Morgan fingerprint density at radius 2 is 2.31 bits per heavy atom. The molecule has 2 rings (SSSR count). The molecule has 0 unspecified atom stereocenters. The number of furan rings is 1. The zero-order valence-corrected chi connectivity index (χ0v) is 9.61. The summed E-state index contributed by atoms with van der Waals surface area (Å²) in [5, 5.41) is 3.18. The van der Waals surface area contributed by atoms with Crippen LogP contribution >= 0.6 is 0 Å². The lowest BCUT2D eigenvalue weighted by Crippen LogP contribution is -2.37. The molecule has 1 aromatic heterocycles. The maximum absolute atomic E-state index is 11.8. The van der Waals surface area contributed by atoms with Crippen molar-refractivity contribution in [3.05, 3.63) is 24.2 Å². The Labute approximate surface area is 95.6 Å². The molecule has 1 aromatic rings. The van der Waals surface area contributed by atoms with Crippen LogP contribution in [0.15, 0.2) is 22.8 Å². The summed E-state index contributed by atoms with van der Waals surface area (Å²) in [5.74, 6) is 1.06. The monoisotopic (exact) mass is 222 g/mol. The number of amides is 1. The highest BCUT2D eigenvalue weighted by molar-refractivity contribution is 5.78. The summed E-state index contributed by atoms with van der Waals surface area (Å²) in [6, 6.07) is 3.86. The van der Waals surface area contributed by atoms with Crippen LogP contribution in [0.4, 0.5) is 0 Å². The predicted molar refractivity (Wildman–Crippen MR) is 60.9 cm³/mol. The summed E-state index contributed by atoms with van der Waals surface area (Å²) in [5.41, 5.74) is 0. The minimum absolute atomic E-state index is 0.0848. The van der Waals surface area contributed by atoms with E-state index >= 15 is 0 Å². The van der Waals surface area contributed by atoms with Crippen molar-refractivity contribution in [1.82, 2.24) is 10.2 Å². The molecular weight excluding hydrogens is 204 g/mol. The van der Waals surface area contributed by atoms with Gasteiger partial charge in [-0.25, -0.2) is 0 Å². The highest BCUT2D eigenvalue weighted by Gasteiger charge is 2.18. The lowest BCUT2D eigenvalue weighted by atomic mass is 10.2. The van der Waals surface area contributed by atoms with Gasteiger partial charge in [-0.05, 0) is 31.9 Å². The lowest BCUT2D eigenvalue weighted by Gasteiger charge is -2.17. The van der Waals surface area contributed by atoms with Crippen LogP contribution in [0.5, 0.6) is 0 Å². The number of nitrogens with one attached hydrogen (secondary N) is 1. The second-order valence-corrected chi connectivity index (χ2v) is 4.21. The quantitative estimate of drug-likeness (QED) is 0.840. The first-order valence-electron chi connectivity index (χ1n) is 5.82. The molecule has 0 bridgehead atoms. The number of carbonyl (C=O) groups is 1. The molecule has 4 nitrogen and oxygen atoms in total. The summed E-state index contributed by atoms with van der Waals surface area (Å²) in [6.45, 7) is 4.21. The van der Waals surface area contributed by atoms with Crippen molar-refractivity contribution in [2.45, 2.75) is 25.8 Å². The number of hydrogen-bond acceptors (Lipinski definition) is 3. The van der Waals surface area contributed by atoms with Crippen LogP contribution in [-0.2, 0) is 4.79 Å². The van der Waals surface area contributed by atoms with Gasteiger partial charge in [-0.2, -0.15) is 0 Å². The van der Waals surface area contributed by atoms with Crippen LogP contribution in [0.25, 0.3) is 0 Å². The zero-order valence-electron chi connectivity index (χ0n) is 9.61. The molecule has 2 heterocycles. The standard InChI is InChI=1S/C12H18N2O2/c1-10(11-5-4-8-16-11)13-9-12(15)14-6-2-3-7-14/h4-5,8,10,13H,2-3,6-7,9H2,1H3/t10-/m1/s1. The molecule has 4 heteroatoms. The van der Waals surface area contributed by atoms with E-state index in [1.54, 1.807) is 6.26 Å². The molecule has 1 N–H and O–H groups in total. The summed E-state index contributed by atoms with van der Waals surface area (Å²) in [6.07, 6.45) is 3.93. The first-order valence-corrected chi connectivity index (χ1v) is 5.82. The molecule has 16 heavy (non-hydrogen) atoms. The van der Waals surface area contributed by atoms with Crippen LogP contribution in [-0.4, -0.2) is 30.4 Å². The van der Waals surface area contributed by atoms with E-state index < -0.39 is 0 Å². The molecular formula is C12H18N2O2. The van der Waals surface area contributed by atoms with Crippen LogP contribution in [0.1, 0.15) is 31.6 Å². The Balaban J connectivity index is 1.76. The summed E-state index contributed by atoms with van der Waals surface area (Å²) in [4.78, 5) is 13.7. The van der Waals surface area contributed by atoms with Gasteiger partial charge in [0.15, 0.2) is 0 Å². The van der Waals surface area contributed by atoms with E-state index in [0.29, 0.717) is 6.54 Å². The SMILES string of the molecule is C[C@@H](NCC(=O)N1CCCC1)c1ccco1. The number of likely N-dealkylation sites (tertiary alicyclic amines) is 1. The fraction of sp³-hybridized carbons (Fsp3) is 0.583. The van der Waals surface area contributed by atoms with Crippen molar-refractivity contribution in [2.75, 3.05) is 19.6 Å². The van der Waals surface area contributed by atoms with E-state index in [1.807, 2.05) is 24.0 Å². The summed E-state index contributed by atoms with van der Waals surface area (Å²) < 4.78 is 5.27. The van der Waals surface area contributed by atoms with Gasteiger partial charge >= 0.3 is 0 Å². The molecule has 1 saturated heterocycles. The number of nitrogens with zero attached hydrogens (tertiary/aromatic N) is 1. The molecule has 1 amide bonds. The third kappa shape index (κ3) is 2.64. The van der Waals surface area contributed by atoms with Gasteiger partial charge in [0.1, 0.15) is 5.76 Å². The Morgan fingerprint density at radius 3 is 2.94 bits per heavy atom. The van der Waals surface area contributed by atoms with Crippen molar-refractivity contribution in [2.24, 2.45) is 0 Å². The highest BCUT2D eigenvalue weighted by Crippen LogP contribution is 2.12. The van der Waals surface area contributed by atoms with Crippen molar-refractivity contribution in [3.63, 3.8) is 0 Å². The lowest BCUT2D eigenvalue weighted by molar-refractivity contribution is -0.129. The van der Waals surface area contributed by atoms with Crippen molar-refractivity contribution < 1.29 is 9.21 Å². The van der Waals surface area contributed by atoms with Crippen molar-refractivity contribution in [1.29, 1.82) is 0 Å². The van der Waals surface area contributed by atoms with Gasteiger partial charge in [0.05, 0.1) is 18.8 Å². The molecule has 1 aliphatic heterocycles. The summed E-state index contributed by atoms with van der Waals surface area (Å²) >= 11 is 0. The first-order chi connectivity index (χ1) is 7.77. The van der Waals surface area contributed by atoms with E-state index in [1.165, 1.54) is 0 Å². The van der Waals surface area contributed by atoms with Gasteiger partial charge in [0, 0.05) is 13.1 Å². The topological polar surface area (TPSA) is 45.5 Å². The van der Waals surface area contributed by atoms with Gasteiger partial charge in [0.2, 0.25) is 5.91 Å². The van der Waals surface area contributed by atoms with E-state index in [4.69, 9.17) is 4.42 Å². The van der Waals surface area contributed by atoms with Crippen molar-refractivity contribution in [3.8, 4) is 0 Å². The maximum atomic E-state index is 11.8. The number of carbonyl (C=O) groups excluding carboxylic acids is 1. The normalized spacial score (nSPS) is 17.7. The van der Waals surface area contributed by atoms with Crippen LogP contribution in [0.2, 0.25) is 0 Å². The van der Waals surface area contributed by atoms with E-state index in [-0.39, 0.29) is 11.9 Å². The Hall–Kier alpha value is -1.29. The highest BCUT2D eigenvalue weighted by atomic mass is 16.3. The maximum Gasteiger partial charge on any atom is 0.236 e. The van der Waals surface area contributed by atoms with Gasteiger partial charge in [-0.1, -0.05) is 0 Å². The summed E-state index contributed by atoms with van der Waals surface area (Å²) in [7, 11) is 0. The first kappa shape index (κ1) is 11.2. The number of rotatable bonds is 4. The van der Waals surface area contributed by atoms with Gasteiger partial charge in [-0.3, -0.25) is 10.1 Å². The van der Waals surface area contributed by atoms with E-state index in [9.17, 15) is 4.79 Å².